The number of anilines is 2. The molecule has 1 aromatic rings. The Morgan fingerprint density at radius 3 is 2.83 bits per heavy atom. The number of nitrogens with zero attached hydrogens (tertiary/aromatic N) is 2. The Bertz CT molecular complexity index is 316. The first kappa shape index (κ1) is 8.67. The molecule has 0 saturated heterocycles. The Morgan fingerprint density at radius 2 is 2.33 bits per heavy atom. The van der Waals surface area contributed by atoms with Crippen LogP contribution in [0.15, 0.2) is 12.1 Å². The third-order valence-corrected chi connectivity index (χ3v) is 1.48. The highest BCUT2D eigenvalue weighted by Gasteiger charge is 2.08. The molecule has 1 unspecified atom stereocenters. The second-order valence-electron chi connectivity index (χ2n) is 2.04. The summed E-state index contributed by atoms with van der Waals surface area (Å²) in [5.74, 6) is 0.473. The average molecular weight is 186 g/mol. The van der Waals surface area contributed by atoms with Crippen LogP contribution in [0.1, 0.15) is 0 Å². The predicted molar refractivity (Wildman–Crippen MR) is 48.6 cm³/mol. The quantitative estimate of drug-likeness (QED) is 0.404. The van der Waals surface area contributed by atoms with Gasteiger partial charge < -0.3 is 10.8 Å². The van der Waals surface area contributed by atoms with Crippen LogP contribution in [-0.2, 0) is 0 Å². The fourth-order valence-corrected chi connectivity index (χ4v) is 0.864. The van der Waals surface area contributed by atoms with Gasteiger partial charge in [-0.2, -0.15) is 0 Å². The number of nitrogens with one attached hydrogen (secondary N) is 1. The van der Waals surface area contributed by atoms with Gasteiger partial charge in [-0.15, -0.1) is 0 Å². The summed E-state index contributed by atoms with van der Waals surface area (Å²) in [5.41, 5.74) is 5.23. The zero-order valence-electron chi connectivity index (χ0n) is 6.02. The molecular weight excluding hydrogens is 179 g/mol. The van der Waals surface area contributed by atoms with Crippen molar-refractivity contribution in [1.29, 1.82) is 0 Å². The maximum absolute atomic E-state index is 10.3. The summed E-state index contributed by atoms with van der Waals surface area (Å²) >= 11 is 0. The van der Waals surface area contributed by atoms with E-state index < -0.39 is 4.92 Å². The molecule has 0 aromatic carbocycles. The van der Waals surface area contributed by atoms with Crippen LogP contribution in [0.2, 0.25) is 0 Å². The minimum atomic E-state index is -0.524. The fraction of sp³-hybridized carbons (Fsp3) is 0. The molecule has 6 nitrogen and oxygen atoms in total. The third kappa shape index (κ3) is 1.79. The van der Waals surface area contributed by atoms with Crippen LogP contribution in [-0.4, -0.2) is 9.91 Å². The number of hydrogen-bond donors (Lipinski definition) is 2. The summed E-state index contributed by atoms with van der Waals surface area (Å²) in [6.07, 6.45) is 0. The van der Waals surface area contributed by atoms with Crippen molar-refractivity contribution in [3.8, 4) is 0 Å². The second kappa shape index (κ2) is 3.32. The minimum absolute atomic E-state index is 0.0764. The van der Waals surface area contributed by atoms with Crippen molar-refractivity contribution < 1.29 is 4.92 Å². The lowest BCUT2D eigenvalue weighted by atomic mass is 10.4. The molecule has 64 valence electrons. The number of rotatable bonds is 2. The lowest BCUT2D eigenvalue weighted by molar-refractivity contribution is -0.384. The van der Waals surface area contributed by atoms with Crippen molar-refractivity contribution in [2.45, 2.75) is 0 Å². The SMILES string of the molecule is Nc1cc([N+](=O)[O-])cc(NP)n1. The standard InChI is InChI=1S/C5H7N4O2P/c6-4-1-3(9(10)11)2-5(7-4)8-12/h1-2H,12H2,(H3,6,7,8). The van der Waals surface area contributed by atoms with Gasteiger partial charge in [0.1, 0.15) is 11.6 Å². The first-order valence-corrected chi connectivity index (χ1v) is 3.60. The van der Waals surface area contributed by atoms with Crippen LogP contribution in [0.5, 0.6) is 0 Å². The molecule has 0 amide bonds. The molecule has 1 rings (SSSR count). The number of nitrogens with two attached hydrogens (primary N) is 1. The molecule has 0 aliphatic carbocycles. The molecule has 1 aromatic heterocycles. The first-order valence-electron chi connectivity index (χ1n) is 3.02. The van der Waals surface area contributed by atoms with Crippen molar-refractivity contribution in [1.82, 2.24) is 4.98 Å². The monoisotopic (exact) mass is 186 g/mol. The van der Waals surface area contributed by atoms with E-state index in [4.69, 9.17) is 5.73 Å². The third-order valence-electron chi connectivity index (χ3n) is 1.19. The lowest BCUT2D eigenvalue weighted by Gasteiger charge is -1.99. The van der Waals surface area contributed by atoms with Gasteiger partial charge in [0, 0.05) is 0 Å². The van der Waals surface area contributed by atoms with E-state index in [1.807, 2.05) is 0 Å². The van der Waals surface area contributed by atoms with Crippen molar-refractivity contribution in [3.05, 3.63) is 22.2 Å². The maximum atomic E-state index is 10.3. The van der Waals surface area contributed by atoms with Gasteiger partial charge in [0.05, 0.1) is 17.1 Å². The van der Waals surface area contributed by atoms with Crippen LogP contribution in [0.25, 0.3) is 0 Å². The normalized spacial score (nSPS) is 9.42. The van der Waals surface area contributed by atoms with Crippen LogP contribution in [0.3, 0.4) is 0 Å². The van der Waals surface area contributed by atoms with Crippen LogP contribution in [0, 0.1) is 10.1 Å². The van der Waals surface area contributed by atoms with E-state index in [-0.39, 0.29) is 11.5 Å². The minimum Gasteiger partial charge on any atom is -0.383 e. The number of pyridine rings is 1. The van der Waals surface area contributed by atoms with Crippen LogP contribution < -0.4 is 10.8 Å². The number of nitro groups is 1. The molecular formula is C5H7N4O2P. The van der Waals surface area contributed by atoms with E-state index >= 15 is 0 Å². The van der Waals surface area contributed by atoms with Gasteiger partial charge in [-0.3, -0.25) is 10.1 Å². The predicted octanol–water partition coefficient (Wildman–Crippen LogP) is 0.774. The van der Waals surface area contributed by atoms with Gasteiger partial charge >= 0.3 is 0 Å². The molecule has 0 aliphatic heterocycles. The largest absolute Gasteiger partial charge is 0.383 e. The molecule has 1 atom stereocenters. The van der Waals surface area contributed by atoms with Crippen molar-refractivity contribution >= 4 is 26.7 Å². The summed E-state index contributed by atoms with van der Waals surface area (Å²) in [5, 5.41) is 12.9. The molecule has 0 aliphatic rings. The Morgan fingerprint density at radius 1 is 1.67 bits per heavy atom. The molecule has 3 N–H and O–H groups in total. The molecule has 12 heavy (non-hydrogen) atoms. The van der Waals surface area contributed by atoms with Gasteiger partial charge in [-0.05, 0) is 9.39 Å². The van der Waals surface area contributed by atoms with Crippen molar-refractivity contribution in [2.24, 2.45) is 0 Å². The maximum Gasteiger partial charge on any atom is 0.276 e. The van der Waals surface area contributed by atoms with Gasteiger partial charge in [0.25, 0.3) is 5.69 Å². The highest BCUT2D eigenvalue weighted by atomic mass is 31.0. The highest BCUT2D eigenvalue weighted by molar-refractivity contribution is 7.18. The lowest BCUT2D eigenvalue weighted by Crippen LogP contribution is -1.96. The summed E-state index contributed by atoms with van der Waals surface area (Å²) in [6.45, 7) is 0. The van der Waals surface area contributed by atoms with E-state index in [1.165, 1.54) is 12.1 Å². The first-order chi connectivity index (χ1) is 5.63. The van der Waals surface area contributed by atoms with Crippen molar-refractivity contribution in [3.63, 3.8) is 0 Å². The van der Waals surface area contributed by atoms with Crippen LogP contribution in [0.4, 0.5) is 17.3 Å². The molecule has 0 saturated carbocycles. The second-order valence-corrected chi connectivity index (χ2v) is 2.33. The fourth-order valence-electron chi connectivity index (χ4n) is 0.716. The smallest absolute Gasteiger partial charge is 0.276 e. The molecule has 1 heterocycles. The molecule has 0 fully saturated rings. The molecule has 0 spiro atoms. The van der Waals surface area contributed by atoms with Gasteiger partial charge in [-0.25, -0.2) is 4.98 Å². The Balaban J connectivity index is 3.15. The van der Waals surface area contributed by atoms with E-state index in [0.29, 0.717) is 5.82 Å². The van der Waals surface area contributed by atoms with E-state index in [1.54, 1.807) is 0 Å². The zero-order chi connectivity index (χ0) is 9.14. The van der Waals surface area contributed by atoms with E-state index in [2.05, 4.69) is 19.5 Å². The average Bonchev–Trinajstić information content (AvgIpc) is 2.03. The van der Waals surface area contributed by atoms with Crippen molar-refractivity contribution in [2.75, 3.05) is 10.8 Å². The van der Waals surface area contributed by atoms with Gasteiger partial charge in [-0.1, -0.05) is 0 Å². The Hall–Kier alpha value is -1.42. The van der Waals surface area contributed by atoms with Crippen LogP contribution >= 0.6 is 9.39 Å². The molecule has 0 bridgehead atoms. The number of hydrogen-bond acceptors (Lipinski definition) is 5. The number of nitrogen functional groups attached to an aromatic ring is 1. The summed E-state index contributed by atoms with van der Waals surface area (Å²) in [4.78, 5) is 13.6. The Kier molecular flexibility index (Phi) is 2.40. The highest BCUT2D eigenvalue weighted by Crippen LogP contribution is 2.19. The Labute approximate surface area is 70.6 Å². The van der Waals surface area contributed by atoms with E-state index in [9.17, 15) is 10.1 Å². The summed E-state index contributed by atoms with van der Waals surface area (Å²) in [6, 6.07) is 2.49. The topological polar surface area (TPSA) is 94.1 Å². The summed E-state index contributed by atoms with van der Waals surface area (Å²) in [7, 11) is 2.18. The zero-order valence-corrected chi connectivity index (χ0v) is 7.18. The molecule has 7 heteroatoms. The van der Waals surface area contributed by atoms with E-state index in [0.717, 1.165) is 0 Å². The number of aromatic nitrogens is 1. The summed E-state index contributed by atoms with van der Waals surface area (Å²) < 4.78 is 0. The van der Waals surface area contributed by atoms with Gasteiger partial charge in [0.2, 0.25) is 0 Å². The van der Waals surface area contributed by atoms with Gasteiger partial charge in [0.15, 0.2) is 0 Å². The molecule has 0 radical (unpaired) electrons.